The summed E-state index contributed by atoms with van der Waals surface area (Å²) in [5, 5.41) is 5.06. The molecular weight excluding hydrogens is 271 g/mol. The average molecular weight is 286 g/mol. The van der Waals surface area contributed by atoms with Crippen LogP contribution in [0.25, 0.3) is 0 Å². The summed E-state index contributed by atoms with van der Waals surface area (Å²) in [4.78, 5) is 13.4. The Kier molecular flexibility index (Phi) is 3.60. The van der Waals surface area contributed by atoms with E-state index >= 15 is 0 Å². The van der Waals surface area contributed by atoms with E-state index in [0.29, 0.717) is 13.1 Å². The zero-order valence-corrected chi connectivity index (χ0v) is 11.3. The fraction of sp³-hybridized carbons (Fsp3) is 0.417. The maximum Gasteiger partial charge on any atom is 0.256 e. The predicted molar refractivity (Wildman–Crippen MR) is 67.6 cm³/mol. The van der Waals surface area contributed by atoms with E-state index in [2.05, 4.69) is 0 Å². The molecule has 1 aromatic carbocycles. The van der Waals surface area contributed by atoms with Gasteiger partial charge < -0.3 is 4.90 Å². The molecule has 1 aliphatic heterocycles. The van der Waals surface area contributed by atoms with Crippen LogP contribution in [0.3, 0.4) is 0 Å². The molecule has 0 aromatic heterocycles. The lowest BCUT2D eigenvalue weighted by atomic mass is 10.1. The van der Waals surface area contributed by atoms with Crippen LogP contribution in [-0.4, -0.2) is 32.3 Å². The summed E-state index contributed by atoms with van der Waals surface area (Å²) in [6.07, 6.45) is 1.75. The topological polar surface area (TPSA) is 80.5 Å². The quantitative estimate of drug-likeness (QED) is 0.881. The van der Waals surface area contributed by atoms with Gasteiger partial charge in [-0.05, 0) is 37.5 Å². The van der Waals surface area contributed by atoms with Crippen molar-refractivity contribution in [1.82, 2.24) is 4.90 Å². The maximum atomic E-state index is 13.8. The van der Waals surface area contributed by atoms with Gasteiger partial charge in [0.2, 0.25) is 10.0 Å². The molecule has 1 fully saturated rings. The van der Waals surface area contributed by atoms with Gasteiger partial charge in [-0.1, -0.05) is 0 Å². The monoisotopic (exact) mass is 286 g/mol. The first-order chi connectivity index (χ1) is 8.80. The molecule has 0 unspecified atom stereocenters. The number of primary sulfonamides is 1. The van der Waals surface area contributed by atoms with Gasteiger partial charge in [0.15, 0.2) is 0 Å². The number of carbonyl (C=O) groups excluding carboxylic acids is 1. The predicted octanol–water partition coefficient (Wildman–Crippen LogP) is 1.02. The number of nitrogens with zero attached hydrogens (tertiary/aromatic N) is 1. The van der Waals surface area contributed by atoms with Gasteiger partial charge in [-0.15, -0.1) is 0 Å². The van der Waals surface area contributed by atoms with Crippen LogP contribution in [0.15, 0.2) is 17.0 Å². The van der Waals surface area contributed by atoms with E-state index in [1.807, 2.05) is 0 Å². The molecule has 1 amide bonds. The van der Waals surface area contributed by atoms with Crippen molar-refractivity contribution in [2.45, 2.75) is 24.7 Å². The lowest BCUT2D eigenvalue weighted by molar-refractivity contribution is 0.0788. The van der Waals surface area contributed by atoms with Gasteiger partial charge >= 0.3 is 0 Å². The molecule has 1 saturated heterocycles. The summed E-state index contributed by atoms with van der Waals surface area (Å²) in [6.45, 7) is 2.57. The van der Waals surface area contributed by atoms with Crippen LogP contribution in [0.4, 0.5) is 4.39 Å². The molecular formula is C12H15FN2O3S. The molecule has 5 nitrogen and oxygen atoms in total. The number of rotatable bonds is 2. The summed E-state index contributed by atoms with van der Waals surface area (Å²) in [7, 11) is -3.97. The lowest BCUT2D eigenvalue weighted by Gasteiger charge is -2.16. The molecule has 2 N–H and O–H groups in total. The van der Waals surface area contributed by atoms with Crippen molar-refractivity contribution in [3.63, 3.8) is 0 Å². The zero-order chi connectivity index (χ0) is 14.2. The highest BCUT2D eigenvalue weighted by atomic mass is 32.2. The van der Waals surface area contributed by atoms with Crippen molar-refractivity contribution in [3.8, 4) is 0 Å². The summed E-state index contributed by atoms with van der Waals surface area (Å²) in [6, 6.07) is 2.06. The molecule has 1 heterocycles. The van der Waals surface area contributed by atoms with Crippen LogP contribution in [0.1, 0.15) is 28.8 Å². The average Bonchev–Trinajstić information content (AvgIpc) is 2.79. The van der Waals surface area contributed by atoms with Crippen molar-refractivity contribution < 1.29 is 17.6 Å². The highest BCUT2D eigenvalue weighted by Gasteiger charge is 2.25. The highest BCUT2D eigenvalue weighted by Crippen LogP contribution is 2.21. The van der Waals surface area contributed by atoms with Crippen LogP contribution in [0.2, 0.25) is 0 Å². The third-order valence-corrected chi connectivity index (χ3v) is 4.25. The SMILES string of the molecule is Cc1cc(F)c(C(=O)N2CCCC2)cc1S(N)(=O)=O. The molecule has 1 aromatic rings. The van der Waals surface area contributed by atoms with E-state index in [-0.39, 0.29) is 16.0 Å². The Balaban J connectivity index is 2.48. The number of nitrogens with two attached hydrogens (primary N) is 1. The van der Waals surface area contributed by atoms with Gasteiger partial charge in [-0.2, -0.15) is 0 Å². The lowest BCUT2D eigenvalue weighted by Crippen LogP contribution is -2.29. The van der Waals surface area contributed by atoms with Gasteiger partial charge in [0.25, 0.3) is 5.91 Å². The number of hydrogen-bond acceptors (Lipinski definition) is 3. The number of amides is 1. The van der Waals surface area contributed by atoms with E-state index in [1.165, 1.54) is 11.8 Å². The second kappa shape index (κ2) is 4.90. The molecule has 0 aliphatic carbocycles. The van der Waals surface area contributed by atoms with Crippen LogP contribution in [0.5, 0.6) is 0 Å². The fourth-order valence-electron chi connectivity index (χ4n) is 2.21. The number of benzene rings is 1. The molecule has 0 radical (unpaired) electrons. The molecule has 104 valence electrons. The van der Waals surface area contributed by atoms with Crippen LogP contribution >= 0.6 is 0 Å². The first-order valence-electron chi connectivity index (χ1n) is 5.93. The second-order valence-corrected chi connectivity index (χ2v) is 6.17. The van der Waals surface area contributed by atoms with Gasteiger partial charge in [0.1, 0.15) is 5.82 Å². The van der Waals surface area contributed by atoms with E-state index in [9.17, 15) is 17.6 Å². The highest BCUT2D eigenvalue weighted by molar-refractivity contribution is 7.89. The number of aryl methyl sites for hydroxylation is 1. The summed E-state index contributed by atoms with van der Waals surface area (Å²) in [5.74, 6) is -1.21. The normalized spacial score (nSPS) is 15.8. The minimum absolute atomic E-state index is 0.193. The first-order valence-corrected chi connectivity index (χ1v) is 7.47. The van der Waals surface area contributed by atoms with Crippen LogP contribution < -0.4 is 5.14 Å². The van der Waals surface area contributed by atoms with Gasteiger partial charge in [-0.3, -0.25) is 4.79 Å². The fourth-order valence-corrected chi connectivity index (χ4v) is 3.00. The summed E-state index contributed by atoms with van der Waals surface area (Å²) >= 11 is 0. The van der Waals surface area contributed by atoms with Gasteiger partial charge in [-0.25, -0.2) is 17.9 Å². The van der Waals surface area contributed by atoms with E-state index < -0.39 is 21.7 Å². The Bertz CT molecular complexity index is 622. The molecule has 19 heavy (non-hydrogen) atoms. The number of likely N-dealkylation sites (tertiary alicyclic amines) is 1. The Hall–Kier alpha value is -1.47. The van der Waals surface area contributed by atoms with Crippen molar-refractivity contribution in [1.29, 1.82) is 0 Å². The largest absolute Gasteiger partial charge is 0.339 e. The smallest absolute Gasteiger partial charge is 0.256 e. The molecule has 0 saturated carbocycles. The zero-order valence-electron chi connectivity index (χ0n) is 10.5. The molecule has 7 heteroatoms. The van der Waals surface area contributed by atoms with Crippen molar-refractivity contribution in [2.24, 2.45) is 5.14 Å². The van der Waals surface area contributed by atoms with Crippen molar-refractivity contribution in [3.05, 3.63) is 29.1 Å². The Morgan fingerprint density at radius 1 is 1.32 bits per heavy atom. The minimum Gasteiger partial charge on any atom is -0.339 e. The second-order valence-electron chi connectivity index (χ2n) is 4.64. The molecule has 1 aliphatic rings. The molecule has 0 atom stereocenters. The summed E-state index contributed by atoms with van der Waals surface area (Å²) in [5.41, 5.74) is -0.0468. The van der Waals surface area contributed by atoms with Gasteiger partial charge in [0, 0.05) is 13.1 Å². The summed E-state index contributed by atoms with van der Waals surface area (Å²) < 4.78 is 36.6. The van der Waals surface area contributed by atoms with E-state index in [4.69, 9.17) is 5.14 Å². The minimum atomic E-state index is -3.97. The number of halogens is 1. The van der Waals surface area contributed by atoms with Crippen LogP contribution in [-0.2, 0) is 10.0 Å². The first kappa shape index (κ1) is 14.0. The Morgan fingerprint density at radius 3 is 2.42 bits per heavy atom. The van der Waals surface area contributed by atoms with Crippen molar-refractivity contribution in [2.75, 3.05) is 13.1 Å². The molecule has 0 spiro atoms. The Morgan fingerprint density at radius 2 is 1.89 bits per heavy atom. The number of hydrogen-bond donors (Lipinski definition) is 1. The Labute approximate surface area is 111 Å². The third kappa shape index (κ3) is 2.76. The van der Waals surface area contributed by atoms with E-state index in [1.54, 1.807) is 0 Å². The third-order valence-electron chi connectivity index (χ3n) is 3.19. The standard InChI is InChI=1S/C12H15FN2O3S/c1-8-6-10(13)9(7-11(8)19(14,17)18)12(16)15-4-2-3-5-15/h6-7H,2-5H2,1H3,(H2,14,17,18). The number of carbonyl (C=O) groups is 1. The van der Waals surface area contributed by atoms with E-state index in [0.717, 1.165) is 25.0 Å². The van der Waals surface area contributed by atoms with Crippen molar-refractivity contribution >= 4 is 15.9 Å². The van der Waals surface area contributed by atoms with Gasteiger partial charge in [0.05, 0.1) is 10.5 Å². The maximum absolute atomic E-state index is 13.8. The number of sulfonamides is 1. The molecule has 2 rings (SSSR count). The van der Waals surface area contributed by atoms with Crippen LogP contribution in [0, 0.1) is 12.7 Å². The molecule has 0 bridgehead atoms.